The van der Waals surface area contributed by atoms with Crippen molar-refractivity contribution >= 4 is 61.3 Å². The van der Waals surface area contributed by atoms with Gasteiger partial charge in [0.15, 0.2) is 5.58 Å². The molecule has 0 radical (unpaired) electrons. The third-order valence-electron chi connectivity index (χ3n) is 5.50. The van der Waals surface area contributed by atoms with Crippen molar-refractivity contribution in [1.29, 1.82) is 0 Å². The highest BCUT2D eigenvalue weighted by Crippen LogP contribution is 2.42. The van der Waals surface area contributed by atoms with E-state index in [4.69, 9.17) is 4.42 Å². The average Bonchev–Trinajstić information content (AvgIpc) is 3.32. The molecule has 26 heavy (non-hydrogen) atoms. The fraction of sp³-hybridized carbons (Fsp3) is 0. The summed E-state index contributed by atoms with van der Waals surface area (Å²) >= 11 is 0. The van der Waals surface area contributed by atoms with E-state index in [-0.39, 0.29) is 0 Å². The summed E-state index contributed by atoms with van der Waals surface area (Å²) in [6, 6.07) is 19.0. The second-order valence-electron chi connectivity index (χ2n) is 6.68. The first-order chi connectivity index (χ1) is 12.8. The fourth-order valence-corrected chi connectivity index (χ4v) is 4.46. The molecule has 0 saturated carbocycles. The van der Waals surface area contributed by atoms with Gasteiger partial charge in [0.25, 0.3) is 0 Å². The third kappa shape index (κ3) is 1.40. The Bertz CT molecular complexity index is 1510. The minimum absolute atomic E-state index is 0.916. The minimum atomic E-state index is 0.916. The second-order valence-corrected chi connectivity index (χ2v) is 6.68. The van der Waals surface area contributed by atoms with Crippen LogP contribution in [0.1, 0.15) is 11.3 Å². The van der Waals surface area contributed by atoms with Gasteiger partial charge in [0.1, 0.15) is 5.58 Å². The van der Waals surface area contributed by atoms with Gasteiger partial charge in [0.05, 0.1) is 16.7 Å². The number of fused-ring (bicyclic) bond motifs is 7. The summed E-state index contributed by atoms with van der Waals surface area (Å²) in [4.78, 5) is 0. The summed E-state index contributed by atoms with van der Waals surface area (Å²) in [5.74, 6) is 0. The molecule has 3 aromatic heterocycles. The monoisotopic (exact) mass is 333 g/mol. The lowest BCUT2D eigenvalue weighted by molar-refractivity contribution is 0.671. The Labute approximate surface area is 149 Å². The Hall–Kier alpha value is -3.52. The van der Waals surface area contributed by atoms with Crippen LogP contribution in [0, 0.1) is 0 Å². The van der Waals surface area contributed by atoms with Crippen LogP contribution in [-0.2, 0) is 0 Å². The van der Waals surface area contributed by atoms with Crippen LogP contribution in [0.3, 0.4) is 0 Å². The van der Waals surface area contributed by atoms with Gasteiger partial charge in [0, 0.05) is 32.5 Å². The van der Waals surface area contributed by atoms with Crippen molar-refractivity contribution in [2.45, 2.75) is 0 Å². The van der Waals surface area contributed by atoms with Gasteiger partial charge < -0.3 is 8.82 Å². The Morgan fingerprint density at radius 1 is 0.692 bits per heavy atom. The van der Waals surface area contributed by atoms with E-state index >= 15 is 0 Å². The summed E-state index contributed by atoms with van der Waals surface area (Å²) in [6.45, 7) is 8.09. The zero-order valence-corrected chi connectivity index (χ0v) is 14.1. The van der Waals surface area contributed by atoms with Crippen LogP contribution in [0.2, 0.25) is 0 Å². The average molecular weight is 333 g/mol. The van der Waals surface area contributed by atoms with Crippen molar-refractivity contribution in [3.05, 3.63) is 79.0 Å². The van der Waals surface area contributed by atoms with Gasteiger partial charge in [-0.2, -0.15) is 0 Å². The summed E-state index contributed by atoms with van der Waals surface area (Å²) in [5.41, 5.74) is 6.34. The highest BCUT2D eigenvalue weighted by molar-refractivity contribution is 6.24. The quantitative estimate of drug-likeness (QED) is 0.338. The van der Waals surface area contributed by atoms with Crippen molar-refractivity contribution in [3.8, 4) is 0 Å². The van der Waals surface area contributed by atoms with Gasteiger partial charge in [-0.3, -0.25) is 0 Å². The zero-order valence-electron chi connectivity index (χ0n) is 14.1. The molecule has 0 bridgehead atoms. The van der Waals surface area contributed by atoms with E-state index in [9.17, 15) is 0 Å². The van der Waals surface area contributed by atoms with E-state index in [2.05, 4.69) is 60.0 Å². The van der Waals surface area contributed by atoms with Gasteiger partial charge in [-0.25, -0.2) is 0 Å². The van der Waals surface area contributed by atoms with Crippen LogP contribution in [0.4, 0.5) is 0 Å². The molecule has 0 unspecified atom stereocenters. The van der Waals surface area contributed by atoms with Crippen molar-refractivity contribution in [1.82, 2.24) is 4.40 Å². The van der Waals surface area contributed by atoms with Gasteiger partial charge in [-0.1, -0.05) is 61.7 Å². The predicted molar refractivity (Wildman–Crippen MR) is 111 cm³/mol. The van der Waals surface area contributed by atoms with Crippen LogP contribution in [0.5, 0.6) is 0 Å². The van der Waals surface area contributed by atoms with Crippen LogP contribution in [0.25, 0.3) is 61.3 Å². The Morgan fingerprint density at radius 2 is 1.42 bits per heavy atom. The van der Waals surface area contributed by atoms with Gasteiger partial charge in [0.2, 0.25) is 0 Å². The number of aromatic nitrogens is 1. The lowest BCUT2D eigenvalue weighted by Gasteiger charge is -2.00. The molecule has 0 aliphatic heterocycles. The molecule has 0 amide bonds. The first-order valence-corrected chi connectivity index (χ1v) is 8.70. The number of hydrogen-bond acceptors (Lipinski definition) is 1. The largest absolute Gasteiger partial charge is 0.454 e. The maximum atomic E-state index is 6.32. The summed E-state index contributed by atoms with van der Waals surface area (Å²) in [7, 11) is 0. The third-order valence-corrected chi connectivity index (χ3v) is 5.50. The first-order valence-electron chi connectivity index (χ1n) is 8.70. The second kappa shape index (κ2) is 4.55. The predicted octanol–water partition coefficient (Wildman–Crippen LogP) is 6.87. The molecule has 122 valence electrons. The van der Waals surface area contributed by atoms with E-state index in [1.807, 2.05) is 24.3 Å². The van der Waals surface area contributed by atoms with Crippen molar-refractivity contribution in [3.63, 3.8) is 0 Å². The topological polar surface area (TPSA) is 17.6 Å². The highest BCUT2D eigenvalue weighted by atomic mass is 16.3. The number of para-hydroxylation sites is 2. The summed E-state index contributed by atoms with van der Waals surface area (Å²) in [5, 5.41) is 5.93. The first kappa shape index (κ1) is 13.7. The van der Waals surface area contributed by atoms with E-state index in [1.54, 1.807) is 0 Å². The Morgan fingerprint density at radius 3 is 2.27 bits per heavy atom. The molecule has 2 nitrogen and oxygen atoms in total. The molecule has 0 aliphatic rings. The van der Waals surface area contributed by atoms with E-state index < -0.39 is 0 Å². The normalized spacial score (nSPS) is 12.2. The number of hydrogen-bond donors (Lipinski definition) is 0. The van der Waals surface area contributed by atoms with Gasteiger partial charge in [-0.15, -0.1) is 0 Å². The molecular formula is C24H15NO. The van der Waals surface area contributed by atoms with Crippen molar-refractivity contribution in [2.75, 3.05) is 0 Å². The van der Waals surface area contributed by atoms with Gasteiger partial charge >= 0.3 is 0 Å². The maximum Gasteiger partial charge on any atom is 0.160 e. The minimum Gasteiger partial charge on any atom is -0.454 e. The molecule has 6 rings (SSSR count). The lowest BCUT2D eigenvalue weighted by Crippen LogP contribution is -1.86. The number of furan rings is 1. The number of benzene rings is 3. The Balaban J connectivity index is 2.02. The SMILES string of the molecule is C=Cc1c(C=C)n2c3c1cccc3c1ccc3c4ccccc4oc3c12. The molecule has 0 aliphatic carbocycles. The lowest BCUT2D eigenvalue weighted by atomic mass is 10.1. The molecule has 6 aromatic rings. The smallest absolute Gasteiger partial charge is 0.160 e. The van der Waals surface area contributed by atoms with Crippen LogP contribution < -0.4 is 0 Å². The maximum absolute atomic E-state index is 6.32. The summed E-state index contributed by atoms with van der Waals surface area (Å²) < 4.78 is 8.61. The number of rotatable bonds is 2. The molecule has 0 saturated heterocycles. The highest BCUT2D eigenvalue weighted by Gasteiger charge is 2.22. The molecule has 0 fully saturated rings. The molecule has 2 heteroatoms. The van der Waals surface area contributed by atoms with E-state index in [0.717, 1.165) is 38.7 Å². The van der Waals surface area contributed by atoms with Crippen LogP contribution >= 0.6 is 0 Å². The molecule has 3 heterocycles. The zero-order chi connectivity index (χ0) is 17.4. The molecule has 0 spiro atoms. The molecule has 3 aromatic carbocycles. The van der Waals surface area contributed by atoms with Crippen LogP contribution in [-0.4, -0.2) is 4.40 Å². The fourth-order valence-electron chi connectivity index (χ4n) is 4.46. The standard InChI is InChI=1S/C24H15NO/c1-3-14-16-9-7-10-17-18-12-13-19-15-8-5-6-11-21(15)26-24(19)23(18)25(22(16)17)20(14)4-2/h3-13H,1-2H2. The molecule has 0 N–H and O–H groups in total. The Kier molecular flexibility index (Phi) is 2.41. The summed E-state index contributed by atoms with van der Waals surface area (Å²) in [6.07, 6.45) is 3.83. The molecule has 0 atom stereocenters. The molecular weight excluding hydrogens is 318 g/mol. The van der Waals surface area contributed by atoms with E-state index in [0.29, 0.717) is 0 Å². The van der Waals surface area contributed by atoms with Crippen molar-refractivity contribution < 1.29 is 4.42 Å². The number of nitrogens with zero attached hydrogens (tertiary/aromatic N) is 1. The van der Waals surface area contributed by atoms with Gasteiger partial charge in [-0.05, 0) is 18.2 Å². The van der Waals surface area contributed by atoms with E-state index in [1.165, 1.54) is 21.7 Å². The van der Waals surface area contributed by atoms with Crippen LogP contribution in [0.15, 0.2) is 72.2 Å². The van der Waals surface area contributed by atoms with Crippen molar-refractivity contribution in [2.24, 2.45) is 0 Å².